The maximum absolute atomic E-state index is 13.0. The molecule has 0 bridgehead atoms. The molecule has 3 aromatic rings. The summed E-state index contributed by atoms with van der Waals surface area (Å²) in [5.41, 5.74) is 2.96. The summed E-state index contributed by atoms with van der Waals surface area (Å²) in [6, 6.07) is 7.76. The van der Waals surface area contributed by atoms with Gasteiger partial charge in [0, 0.05) is 19.3 Å². The van der Waals surface area contributed by atoms with Gasteiger partial charge in [0.2, 0.25) is 5.91 Å². The normalized spacial score (nSPS) is 10.8. The number of benzene rings is 1. The standard InChI is InChI=1S/C19H19BrN6O2/c1-12-5-6-14(9-13(12)2)26(8-4-7-21)15(27)10-25-11-22-18-16(19(25)28)17(20)23-24(18)3/h5-6,9,11H,4,8,10H2,1-3H3. The summed E-state index contributed by atoms with van der Waals surface area (Å²) in [5.74, 6) is -0.290. The first-order valence-corrected chi connectivity index (χ1v) is 9.45. The number of rotatable bonds is 5. The van der Waals surface area contributed by atoms with Crippen molar-refractivity contribution >= 4 is 38.6 Å². The molecule has 3 rings (SSSR count). The van der Waals surface area contributed by atoms with Crippen molar-refractivity contribution in [3.63, 3.8) is 0 Å². The Bertz CT molecular complexity index is 1160. The van der Waals surface area contributed by atoms with E-state index in [-0.39, 0.29) is 31.0 Å². The maximum Gasteiger partial charge on any atom is 0.266 e. The van der Waals surface area contributed by atoms with Gasteiger partial charge in [-0.25, -0.2) is 9.67 Å². The predicted molar refractivity (Wildman–Crippen MR) is 109 cm³/mol. The molecule has 0 spiro atoms. The van der Waals surface area contributed by atoms with Crippen LogP contribution < -0.4 is 10.5 Å². The molecule has 0 fully saturated rings. The monoisotopic (exact) mass is 442 g/mol. The first-order chi connectivity index (χ1) is 13.3. The molecule has 0 atom stereocenters. The number of amides is 1. The van der Waals surface area contributed by atoms with Gasteiger partial charge in [-0.1, -0.05) is 6.07 Å². The van der Waals surface area contributed by atoms with Crippen LogP contribution in [0.2, 0.25) is 0 Å². The van der Waals surface area contributed by atoms with Crippen LogP contribution in [0, 0.1) is 25.2 Å². The van der Waals surface area contributed by atoms with Gasteiger partial charge in [0.25, 0.3) is 5.56 Å². The topological polar surface area (TPSA) is 96.8 Å². The van der Waals surface area contributed by atoms with E-state index in [0.717, 1.165) is 11.1 Å². The van der Waals surface area contributed by atoms with Crippen molar-refractivity contribution in [3.8, 4) is 6.07 Å². The Kier molecular flexibility index (Phi) is 5.61. The molecule has 2 aromatic heterocycles. The molecule has 28 heavy (non-hydrogen) atoms. The Hall–Kier alpha value is -2.99. The van der Waals surface area contributed by atoms with E-state index < -0.39 is 0 Å². The Morgan fingerprint density at radius 1 is 1.32 bits per heavy atom. The third-order valence-electron chi connectivity index (χ3n) is 4.62. The van der Waals surface area contributed by atoms with Crippen LogP contribution in [0.3, 0.4) is 0 Å². The lowest BCUT2D eigenvalue weighted by Crippen LogP contribution is -2.37. The van der Waals surface area contributed by atoms with Crippen molar-refractivity contribution < 1.29 is 4.79 Å². The molecule has 0 aliphatic rings. The average molecular weight is 443 g/mol. The Morgan fingerprint density at radius 2 is 2.07 bits per heavy atom. The number of nitrogens with zero attached hydrogens (tertiary/aromatic N) is 6. The number of hydrogen-bond donors (Lipinski definition) is 0. The van der Waals surface area contributed by atoms with Crippen molar-refractivity contribution in [2.75, 3.05) is 11.4 Å². The largest absolute Gasteiger partial charge is 0.310 e. The number of nitriles is 1. The fourth-order valence-corrected chi connectivity index (χ4v) is 3.52. The zero-order chi connectivity index (χ0) is 20.4. The van der Waals surface area contributed by atoms with E-state index in [1.807, 2.05) is 32.0 Å². The third kappa shape index (κ3) is 3.68. The van der Waals surface area contributed by atoms with E-state index in [1.54, 1.807) is 7.05 Å². The Labute approximate surface area is 170 Å². The number of aromatic nitrogens is 4. The lowest BCUT2D eigenvalue weighted by molar-refractivity contribution is -0.119. The van der Waals surface area contributed by atoms with Crippen LogP contribution >= 0.6 is 15.9 Å². The van der Waals surface area contributed by atoms with Gasteiger partial charge in [-0.15, -0.1) is 0 Å². The van der Waals surface area contributed by atoms with Crippen LogP contribution in [0.25, 0.3) is 11.0 Å². The Morgan fingerprint density at radius 3 is 2.75 bits per heavy atom. The number of carbonyl (C=O) groups is 1. The van der Waals surface area contributed by atoms with Gasteiger partial charge in [-0.3, -0.25) is 14.2 Å². The molecule has 0 aliphatic heterocycles. The number of anilines is 1. The van der Waals surface area contributed by atoms with Crippen molar-refractivity contribution in [2.24, 2.45) is 7.05 Å². The van der Waals surface area contributed by atoms with Crippen LogP contribution in [0.4, 0.5) is 5.69 Å². The summed E-state index contributed by atoms with van der Waals surface area (Å²) >= 11 is 3.27. The molecular weight excluding hydrogens is 424 g/mol. The minimum absolute atomic E-state index is 0.179. The van der Waals surface area contributed by atoms with E-state index in [0.29, 0.717) is 21.3 Å². The van der Waals surface area contributed by atoms with Crippen LogP contribution in [-0.4, -0.2) is 31.8 Å². The molecule has 2 heterocycles. The van der Waals surface area contributed by atoms with Gasteiger partial charge in [-0.2, -0.15) is 10.4 Å². The molecule has 9 heteroatoms. The van der Waals surface area contributed by atoms with Crippen molar-refractivity contribution in [1.29, 1.82) is 5.26 Å². The number of aryl methyl sites for hydroxylation is 3. The molecule has 0 saturated carbocycles. The second kappa shape index (κ2) is 7.94. The molecule has 144 valence electrons. The van der Waals surface area contributed by atoms with Gasteiger partial charge in [0.05, 0.1) is 12.5 Å². The third-order valence-corrected chi connectivity index (χ3v) is 5.18. The molecule has 0 aliphatic carbocycles. The number of halogens is 1. The SMILES string of the molecule is Cc1ccc(N(CCC#N)C(=O)Cn2cnc3c(c(Br)nn3C)c2=O)cc1C. The Balaban J connectivity index is 1.96. The number of fused-ring (bicyclic) bond motifs is 1. The highest BCUT2D eigenvalue weighted by atomic mass is 79.9. The highest BCUT2D eigenvalue weighted by Crippen LogP contribution is 2.20. The van der Waals surface area contributed by atoms with Crippen molar-refractivity contribution in [3.05, 3.63) is 50.6 Å². The molecule has 1 aromatic carbocycles. The predicted octanol–water partition coefficient (Wildman–Crippen LogP) is 2.46. The van der Waals surface area contributed by atoms with Crippen LogP contribution in [-0.2, 0) is 18.4 Å². The van der Waals surface area contributed by atoms with E-state index in [4.69, 9.17) is 5.26 Å². The fraction of sp³-hybridized carbons (Fsp3) is 0.316. The summed E-state index contributed by atoms with van der Waals surface area (Å²) in [4.78, 5) is 31.6. The second-order valence-corrected chi connectivity index (χ2v) is 7.26. The average Bonchev–Trinajstić information content (AvgIpc) is 2.95. The van der Waals surface area contributed by atoms with Crippen LogP contribution in [0.5, 0.6) is 0 Å². The van der Waals surface area contributed by atoms with Crippen LogP contribution in [0.15, 0.2) is 33.9 Å². The second-order valence-electron chi connectivity index (χ2n) is 6.51. The molecular formula is C19H19BrN6O2. The summed E-state index contributed by atoms with van der Waals surface area (Å²) in [6.07, 6.45) is 1.54. The molecule has 1 amide bonds. The van der Waals surface area contributed by atoms with Gasteiger partial charge < -0.3 is 4.90 Å². The zero-order valence-corrected chi connectivity index (χ0v) is 17.4. The lowest BCUT2D eigenvalue weighted by Gasteiger charge is -2.23. The van der Waals surface area contributed by atoms with Gasteiger partial charge in [0.15, 0.2) is 5.65 Å². The highest BCUT2D eigenvalue weighted by Gasteiger charge is 2.19. The van der Waals surface area contributed by atoms with Crippen molar-refractivity contribution in [2.45, 2.75) is 26.8 Å². The molecule has 0 radical (unpaired) electrons. The molecule has 0 unspecified atom stereocenters. The summed E-state index contributed by atoms with van der Waals surface area (Å²) in [6.45, 7) is 4.03. The fourth-order valence-electron chi connectivity index (χ4n) is 2.93. The summed E-state index contributed by atoms with van der Waals surface area (Å²) in [7, 11) is 1.69. The quantitative estimate of drug-likeness (QED) is 0.604. The van der Waals surface area contributed by atoms with Gasteiger partial charge in [-0.05, 0) is 53.0 Å². The lowest BCUT2D eigenvalue weighted by atomic mass is 10.1. The molecule has 8 nitrogen and oxygen atoms in total. The van der Waals surface area contributed by atoms with E-state index in [9.17, 15) is 9.59 Å². The van der Waals surface area contributed by atoms with Gasteiger partial charge in [0.1, 0.15) is 22.9 Å². The minimum atomic E-state index is -0.348. The number of hydrogen-bond acceptors (Lipinski definition) is 5. The van der Waals surface area contributed by atoms with E-state index in [2.05, 4.69) is 32.1 Å². The molecule has 0 N–H and O–H groups in total. The maximum atomic E-state index is 13.0. The zero-order valence-electron chi connectivity index (χ0n) is 15.8. The summed E-state index contributed by atoms with van der Waals surface area (Å²) in [5, 5.41) is 13.4. The number of carbonyl (C=O) groups excluding carboxylic acids is 1. The van der Waals surface area contributed by atoms with E-state index >= 15 is 0 Å². The minimum Gasteiger partial charge on any atom is -0.310 e. The van der Waals surface area contributed by atoms with Gasteiger partial charge >= 0.3 is 0 Å². The smallest absolute Gasteiger partial charge is 0.266 e. The first kappa shape index (κ1) is 19.8. The van der Waals surface area contributed by atoms with E-state index in [1.165, 1.54) is 20.5 Å². The first-order valence-electron chi connectivity index (χ1n) is 8.65. The summed E-state index contributed by atoms with van der Waals surface area (Å²) < 4.78 is 3.15. The van der Waals surface area contributed by atoms with Crippen molar-refractivity contribution in [1.82, 2.24) is 19.3 Å². The van der Waals surface area contributed by atoms with Crippen LogP contribution in [0.1, 0.15) is 17.5 Å². The highest BCUT2D eigenvalue weighted by molar-refractivity contribution is 9.10. The molecule has 0 saturated heterocycles.